The Morgan fingerprint density at radius 2 is 0.978 bits per heavy atom. The van der Waals surface area contributed by atoms with E-state index in [-0.39, 0.29) is 23.6 Å². The third-order valence-electron chi connectivity index (χ3n) is 6.85. The van der Waals surface area contributed by atoms with E-state index in [0.29, 0.717) is 45.6 Å². The summed E-state index contributed by atoms with van der Waals surface area (Å²) >= 11 is 5.75. The van der Waals surface area contributed by atoms with E-state index in [1.54, 1.807) is 79.1 Å². The molecule has 224 valence electrons. The fraction of sp³-hybridized carbons (Fsp3) is 0.0882. The van der Waals surface area contributed by atoms with Crippen LogP contribution in [0.5, 0.6) is 0 Å². The highest BCUT2D eigenvalue weighted by molar-refractivity contribution is 6.35. The number of benzene rings is 2. The summed E-state index contributed by atoms with van der Waals surface area (Å²) in [5.41, 5.74) is 9.95. The lowest BCUT2D eigenvalue weighted by molar-refractivity contribution is 0.0909. The fourth-order valence-corrected chi connectivity index (χ4v) is 4.83. The van der Waals surface area contributed by atoms with Crippen molar-refractivity contribution in [3.05, 3.63) is 142 Å². The van der Waals surface area contributed by atoms with Gasteiger partial charge in [-0.25, -0.2) is 24.8 Å². The second-order valence-corrected chi connectivity index (χ2v) is 10.4. The molecule has 0 atom stereocenters. The van der Waals surface area contributed by atoms with Crippen LogP contribution in [0.1, 0.15) is 58.1 Å². The summed E-state index contributed by atoms with van der Waals surface area (Å²) in [6.45, 7) is 3.88. The van der Waals surface area contributed by atoms with Crippen LogP contribution >= 0.6 is 11.6 Å². The molecule has 10 nitrogen and oxygen atoms in total. The van der Waals surface area contributed by atoms with Crippen LogP contribution in [-0.2, 0) is 5.88 Å². The Kier molecular flexibility index (Phi) is 9.06. The van der Waals surface area contributed by atoms with Crippen molar-refractivity contribution in [2.75, 3.05) is 15.5 Å². The third kappa shape index (κ3) is 6.46. The van der Waals surface area contributed by atoms with Gasteiger partial charge in [-0.05, 0) is 91.2 Å². The largest absolute Gasteiger partial charge is 0.384 e. The zero-order chi connectivity index (χ0) is 32.1. The number of amides is 4. The van der Waals surface area contributed by atoms with Crippen LogP contribution in [0.4, 0.5) is 17.5 Å². The summed E-state index contributed by atoms with van der Waals surface area (Å²) in [6, 6.07) is 24.2. The van der Waals surface area contributed by atoms with Crippen molar-refractivity contribution in [2.24, 2.45) is 0 Å². The first kappa shape index (κ1) is 30.7. The molecule has 0 bridgehead atoms. The topological polar surface area (TPSA) is 139 Å². The van der Waals surface area contributed by atoms with E-state index in [1.165, 1.54) is 6.20 Å². The van der Waals surface area contributed by atoms with E-state index in [0.717, 1.165) is 26.5 Å². The van der Waals surface area contributed by atoms with E-state index in [2.05, 4.69) is 15.0 Å². The van der Waals surface area contributed by atoms with Crippen molar-refractivity contribution in [3.8, 4) is 0 Å². The van der Waals surface area contributed by atoms with Gasteiger partial charge in [0.15, 0.2) is 0 Å². The molecule has 2 aliphatic heterocycles. The summed E-state index contributed by atoms with van der Waals surface area (Å²) in [6.07, 6.45) is 4.83. The molecule has 5 aromatic rings. The molecule has 2 N–H and O–H groups in total. The first-order valence-electron chi connectivity index (χ1n) is 13.8. The minimum Gasteiger partial charge on any atom is -0.384 e. The number of pyridine rings is 3. The van der Waals surface area contributed by atoms with Crippen LogP contribution in [0.15, 0.2) is 104 Å². The predicted octanol–water partition coefficient (Wildman–Crippen LogP) is 5.78. The summed E-state index contributed by atoms with van der Waals surface area (Å²) < 4.78 is 0. The second kappa shape index (κ2) is 13.3. The standard InChI is InChI=1S/C14H9ClN2O2.C14H10N2O2.C6H8N2/c15-8-9-5-6-16-12(7-9)17-13(18)10-3-1-2-4-11(10)14(17)19;1-9-6-7-15-12(8-9)16-13(17)10-4-2-3-5-11(10)14(16)18;1-5-2-3-8-6(7)4-5/h1-7H,8H2;2-8H,1H3;2-4H,1H3,(H2,7,8). The Bertz CT molecular complexity index is 1860. The minimum absolute atomic E-state index is 0.304. The van der Waals surface area contributed by atoms with Crippen LogP contribution in [0.3, 0.4) is 0 Å². The zero-order valence-electron chi connectivity index (χ0n) is 24.3. The SMILES string of the molecule is Cc1ccnc(N)c1.Cc1ccnc(N2C(=O)c3ccccc3C2=O)c1.O=C1c2ccccc2C(=O)N1c1cc(CCl)ccn1. The predicted molar refractivity (Wildman–Crippen MR) is 171 cm³/mol. The van der Waals surface area contributed by atoms with Gasteiger partial charge in [-0.15, -0.1) is 11.6 Å². The first-order valence-corrected chi connectivity index (χ1v) is 14.3. The lowest BCUT2D eigenvalue weighted by Crippen LogP contribution is -2.30. The summed E-state index contributed by atoms with van der Waals surface area (Å²) in [5.74, 6) is 0.260. The number of nitrogens with two attached hydrogens (primary N) is 1. The molecule has 0 aliphatic carbocycles. The molecule has 0 radical (unpaired) electrons. The Morgan fingerprint density at radius 1 is 0.578 bits per heavy atom. The van der Waals surface area contributed by atoms with Crippen molar-refractivity contribution in [3.63, 3.8) is 0 Å². The third-order valence-corrected chi connectivity index (χ3v) is 7.16. The Balaban J connectivity index is 0.000000144. The van der Waals surface area contributed by atoms with Crippen LogP contribution < -0.4 is 15.5 Å². The number of alkyl halides is 1. The number of halogens is 1. The molecule has 0 spiro atoms. The van der Waals surface area contributed by atoms with Gasteiger partial charge < -0.3 is 5.73 Å². The minimum atomic E-state index is -0.347. The Labute approximate surface area is 264 Å². The van der Waals surface area contributed by atoms with Crippen LogP contribution in [0, 0.1) is 13.8 Å². The monoisotopic (exact) mass is 618 g/mol. The number of carbonyl (C=O) groups is 4. The van der Waals surface area contributed by atoms with Gasteiger partial charge in [0.2, 0.25) is 0 Å². The number of nitrogens with zero attached hydrogens (tertiary/aromatic N) is 5. The number of imide groups is 2. The molecule has 0 fully saturated rings. The van der Waals surface area contributed by atoms with Gasteiger partial charge in [-0.3, -0.25) is 19.2 Å². The van der Waals surface area contributed by atoms with Gasteiger partial charge in [-0.1, -0.05) is 24.3 Å². The normalized spacial score (nSPS) is 13.0. The molecular weight excluding hydrogens is 592 g/mol. The van der Waals surface area contributed by atoms with E-state index in [4.69, 9.17) is 17.3 Å². The molecule has 0 unspecified atom stereocenters. The van der Waals surface area contributed by atoms with E-state index >= 15 is 0 Å². The molecule has 2 aromatic carbocycles. The number of hydrogen-bond donors (Lipinski definition) is 1. The Morgan fingerprint density at radius 3 is 1.36 bits per heavy atom. The average Bonchev–Trinajstić information content (AvgIpc) is 3.46. The number of anilines is 3. The van der Waals surface area contributed by atoms with Gasteiger partial charge in [0, 0.05) is 24.5 Å². The lowest BCUT2D eigenvalue weighted by Gasteiger charge is -2.13. The molecule has 2 aliphatic rings. The molecule has 4 amide bonds. The van der Waals surface area contributed by atoms with Gasteiger partial charge >= 0.3 is 0 Å². The molecule has 0 saturated heterocycles. The molecule has 7 rings (SSSR count). The highest BCUT2D eigenvalue weighted by atomic mass is 35.5. The number of fused-ring (bicyclic) bond motifs is 2. The lowest BCUT2D eigenvalue weighted by atomic mass is 10.1. The van der Waals surface area contributed by atoms with Gasteiger partial charge in [0.1, 0.15) is 17.5 Å². The number of nitrogen functional groups attached to an aromatic ring is 1. The summed E-state index contributed by atoms with van der Waals surface area (Å²) in [5, 5.41) is 0. The molecule has 3 aromatic heterocycles. The van der Waals surface area contributed by atoms with E-state index in [9.17, 15) is 19.2 Å². The molecular formula is C34H27ClN6O4. The van der Waals surface area contributed by atoms with Gasteiger partial charge in [0.05, 0.1) is 22.3 Å². The Hall–Kier alpha value is -5.74. The first-order chi connectivity index (χ1) is 21.7. The maximum absolute atomic E-state index is 12.2. The maximum Gasteiger partial charge on any atom is 0.267 e. The fourth-order valence-electron chi connectivity index (χ4n) is 4.66. The van der Waals surface area contributed by atoms with Crippen LogP contribution in [0.2, 0.25) is 0 Å². The summed E-state index contributed by atoms with van der Waals surface area (Å²) in [7, 11) is 0. The van der Waals surface area contributed by atoms with Crippen molar-refractivity contribution in [1.29, 1.82) is 0 Å². The van der Waals surface area contributed by atoms with Crippen molar-refractivity contribution >= 4 is 52.7 Å². The van der Waals surface area contributed by atoms with Crippen LogP contribution in [0.25, 0.3) is 0 Å². The van der Waals surface area contributed by atoms with Gasteiger partial charge in [0.25, 0.3) is 23.6 Å². The van der Waals surface area contributed by atoms with Crippen LogP contribution in [-0.4, -0.2) is 38.6 Å². The molecule has 5 heterocycles. The summed E-state index contributed by atoms with van der Waals surface area (Å²) in [4.78, 5) is 63.0. The molecule has 0 saturated carbocycles. The molecule has 11 heteroatoms. The van der Waals surface area contributed by atoms with Crippen molar-refractivity contribution in [1.82, 2.24) is 15.0 Å². The maximum atomic E-state index is 12.2. The second-order valence-electron chi connectivity index (χ2n) is 10.1. The van der Waals surface area contributed by atoms with E-state index < -0.39 is 0 Å². The van der Waals surface area contributed by atoms with Gasteiger partial charge in [-0.2, -0.15) is 0 Å². The van der Waals surface area contributed by atoms with Crippen molar-refractivity contribution in [2.45, 2.75) is 19.7 Å². The number of carbonyl (C=O) groups excluding carboxylic acids is 4. The smallest absolute Gasteiger partial charge is 0.267 e. The number of aromatic nitrogens is 3. The number of rotatable bonds is 3. The zero-order valence-corrected chi connectivity index (χ0v) is 25.1. The highest BCUT2D eigenvalue weighted by Gasteiger charge is 2.38. The number of aryl methyl sites for hydroxylation is 2. The quantitative estimate of drug-likeness (QED) is 0.198. The highest BCUT2D eigenvalue weighted by Crippen LogP contribution is 2.28. The van der Waals surface area contributed by atoms with E-state index in [1.807, 2.05) is 32.0 Å². The average molecular weight is 619 g/mol. The molecule has 45 heavy (non-hydrogen) atoms. The van der Waals surface area contributed by atoms with Crippen molar-refractivity contribution < 1.29 is 19.2 Å². The number of hydrogen-bond acceptors (Lipinski definition) is 8.